The van der Waals surface area contributed by atoms with E-state index in [1.54, 1.807) is 6.26 Å². The topological polar surface area (TPSA) is 42.2 Å². The molecule has 0 spiro atoms. The molecule has 0 aromatic carbocycles. The van der Waals surface area contributed by atoms with Crippen LogP contribution in [0.5, 0.6) is 0 Å². The first-order valence-electron chi connectivity index (χ1n) is 4.64. The Bertz CT molecular complexity index is 287. The summed E-state index contributed by atoms with van der Waals surface area (Å²) in [6, 6.07) is 0. The Balaban J connectivity index is 2.17. The molecule has 0 aliphatic carbocycles. The molecule has 1 saturated heterocycles. The van der Waals surface area contributed by atoms with Crippen LogP contribution in [0.1, 0.15) is 34.7 Å². The largest absolute Gasteiger partial charge is 0.472 e. The van der Waals surface area contributed by atoms with E-state index in [-0.39, 0.29) is 0 Å². The minimum Gasteiger partial charge on any atom is -0.472 e. The van der Waals surface area contributed by atoms with E-state index in [0.717, 1.165) is 31.4 Å². The van der Waals surface area contributed by atoms with Gasteiger partial charge in [-0.25, -0.2) is 0 Å². The van der Waals surface area contributed by atoms with E-state index in [2.05, 4.69) is 5.32 Å². The van der Waals surface area contributed by atoms with E-state index in [1.807, 2.05) is 0 Å². The molecule has 1 unspecified atom stereocenters. The minimum absolute atomic E-state index is 0.452. The molecule has 2 heterocycles. The summed E-state index contributed by atoms with van der Waals surface area (Å²) in [5, 5.41) is 3.32. The zero-order valence-electron chi connectivity index (χ0n) is 7.45. The quantitative estimate of drug-likeness (QED) is 0.700. The lowest BCUT2D eigenvalue weighted by molar-refractivity contribution is 0.112. The first-order chi connectivity index (χ1) is 6.42. The highest BCUT2D eigenvalue weighted by atomic mass is 16.3. The van der Waals surface area contributed by atoms with Gasteiger partial charge >= 0.3 is 0 Å². The first kappa shape index (κ1) is 8.51. The van der Waals surface area contributed by atoms with Crippen LogP contribution in [-0.2, 0) is 0 Å². The maximum Gasteiger partial charge on any atom is 0.153 e. The standard InChI is InChI=1S/C10H13NO2/c12-5-9-6-13-7-10(9)8-2-1-3-11-4-8/h5-8,11H,1-4H2. The van der Waals surface area contributed by atoms with Gasteiger partial charge in [0.15, 0.2) is 6.29 Å². The van der Waals surface area contributed by atoms with E-state index in [1.165, 1.54) is 12.7 Å². The molecule has 0 radical (unpaired) electrons. The number of furan rings is 1. The van der Waals surface area contributed by atoms with Crippen molar-refractivity contribution in [2.24, 2.45) is 0 Å². The van der Waals surface area contributed by atoms with Crippen LogP contribution >= 0.6 is 0 Å². The van der Waals surface area contributed by atoms with Gasteiger partial charge in [0, 0.05) is 18.0 Å². The van der Waals surface area contributed by atoms with Crippen molar-refractivity contribution in [1.82, 2.24) is 5.32 Å². The monoisotopic (exact) mass is 179 g/mol. The second-order valence-corrected chi connectivity index (χ2v) is 3.44. The van der Waals surface area contributed by atoms with Crippen LogP contribution in [0.15, 0.2) is 16.9 Å². The van der Waals surface area contributed by atoms with Gasteiger partial charge in [0.1, 0.15) is 6.26 Å². The Labute approximate surface area is 77.1 Å². The fourth-order valence-electron chi connectivity index (χ4n) is 1.86. The van der Waals surface area contributed by atoms with Crippen LogP contribution in [-0.4, -0.2) is 19.4 Å². The molecule has 2 rings (SSSR count). The normalized spacial score (nSPS) is 22.9. The van der Waals surface area contributed by atoms with Gasteiger partial charge in [-0.2, -0.15) is 0 Å². The Morgan fingerprint density at radius 1 is 1.54 bits per heavy atom. The SMILES string of the molecule is O=Cc1cocc1C1CCCNC1. The van der Waals surface area contributed by atoms with Crippen molar-refractivity contribution < 1.29 is 9.21 Å². The van der Waals surface area contributed by atoms with Crippen molar-refractivity contribution in [1.29, 1.82) is 0 Å². The number of aldehydes is 1. The van der Waals surface area contributed by atoms with Crippen LogP contribution in [0, 0.1) is 0 Å². The molecule has 3 nitrogen and oxygen atoms in total. The fourth-order valence-corrected chi connectivity index (χ4v) is 1.86. The van der Waals surface area contributed by atoms with E-state index in [0.29, 0.717) is 11.5 Å². The van der Waals surface area contributed by atoms with Crippen molar-refractivity contribution in [2.45, 2.75) is 18.8 Å². The predicted octanol–water partition coefficient (Wildman–Crippen LogP) is 1.56. The summed E-state index contributed by atoms with van der Waals surface area (Å²) in [4.78, 5) is 10.7. The number of carbonyl (C=O) groups is 1. The highest BCUT2D eigenvalue weighted by Crippen LogP contribution is 2.25. The van der Waals surface area contributed by atoms with Crippen molar-refractivity contribution in [2.75, 3.05) is 13.1 Å². The Kier molecular flexibility index (Phi) is 2.45. The lowest BCUT2D eigenvalue weighted by Crippen LogP contribution is -2.28. The molecule has 0 bridgehead atoms. The Morgan fingerprint density at radius 3 is 3.15 bits per heavy atom. The lowest BCUT2D eigenvalue weighted by Gasteiger charge is -2.21. The van der Waals surface area contributed by atoms with Gasteiger partial charge < -0.3 is 9.73 Å². The highest BCUT2D eigenvalue weighted by molar-refractivity contribution is 5.76. The zero-order chi connectivity index (χ0) is 9.10. The summed E-state index contributed by atoms with van der Waals surface area (Å²) in [5.41, 5.74) is 1.76. The highest BCUT2D eigenvalue weighted by Gasteiger charge is 2.19. The van der Waals surface area contributed by atoms with Crippen LogP contribution in [0.25, 0.3) is 0 Å². The van der Waals surface area contributed by atoms with Gasteiger partial charge in [-0.1, -0.05) is 0 Å². The molecule has 0 saturated carbocycles. The Hall–Kier alpha value is -1.09. The van der Waals surface area contributed by atoms with Crippen LogP contribution in [0.4, 0.5) is 0 Å². The van der Waals surface area contributed by atoms with Crippen LogP contribution in [0.2, 0.25) is 0 Å². The molecule has 70 valence electrons. The molecular weight excluding hydrogens is 166 g/mol. The molecule has 1 aromatic rings. The van der Waals surface area contributed by atoms with Gasteiger partial charge in [0.05, 0.1) is 11.8 Å². The van der Waals surface area contributed by atoms with Crippen LogP contribution in [0.3, 0.4) is 0 Å². The van der Waals surface area contributed by atoms with Gasteiger partial charge in [0.25, 0.3) is 0 Å². The molecular formula is C10H13NO2. The predicted molar refractivity (Wildman–Crippen MR) is 48.9 cm³/mol. The molecule has 1 fully saturated rings. The third-order valence-electron chi connectivity index (χ3n) is 2.59. The van der Waals surface area contributed by atoms with E-state index >= 15 is 0 Å². The molecule has 3 heteroatoms. The van der Waals surface area contributed by atoms with Crippen molar-refractivity contribution in [3.05, 3.63) is 23.7 Å². The number of hydrogen-bond donors (Lipinski definition) is 1. The summed E-state index contributed by atoms with van der Waals surface area (Å²) in [6.45, 7) is 2.05. The van der Waals surface area contributed by atoms with E-state index < -0.39 is 0 Å². The van der Waals surface area contributed by atoms with Gasteiger partial charge in [-0.15, -0.1) is 0 Å². The van der Waals surface area contributed by atoms with Crippen molar-refractivity contribution in [3.8, 4) is 0 Å². The lowest BCUT2D eigenvalue weighted by atomic mass is 9.91. The van der Waals surface area contributed by atoms with Crippen molar-refractivity contribution >= 4 is 6.29 Å². The molecule has 1 aliphatic heterocycles. The third-order valence-corrected chi connectivity index (χ3v) is 2.59. The summed E-state index contributed by atoms with van der Waals surface area (Å²) in [6.07, 6.45) is 6.41. The average Bonchev–Trinajstić information content (AvgIpc) is 2.67. The second kappa shape index (κ2) is 3.75. The van der Waals surface area contributed by atoms with Crippen LogP contribution < -0.4 is 5.32 Å². The third kappa shape index (κ3) is 1.65. The minimum atomic E-state index is 0.452. The smallest absolute Gasteiger partial charge is 0.153 e. The number of piperidine rings is 1. The summed E-state index contributed by atoms with van der Waals surface area (Å²) >= 11 is 0. The number of nitrogens with one attached hydrogen (secondary N) is 1. The van der Waals surface area contributed by atoms with E-state index in [9.17, 15) is 4.79 Å². The molecule has 13 heavy (non-hydrogen) atoms. The maximum absolute atomic E-state index is 10.7. The number of carbonyl (C=O) groups excluding carboxylic acids is 1. The van der Waals surface area contributed by atoms with E-state index in [4.69, 9.17) is 4.42 Å². The zero-order valence-corrected chi connectivity index (χ0v) is 7.45. The summed E-state index contributed by atoms with van der Waals surface area (Å²) < 4.78 is 5.03. The molecule has 0 amide bonds. The molecule has 1 atom stereocenters. The summed E-state index contributed by atoms with van der Waals surface area (Å²) in [7, 11) is 0. The molecule has 1 aliphatic rings. The van der Waals surface area contributed by atoms with Crippen molar-refractivity contribution in [3.63, 3.8) is 0 Å². The van der Waals surface area contributed by atoms with Gasteiger partial charge in [-0.3, -0.25) is 4.79 Å². The average molecular weight is 179 g/mol. The van der Waals surface area contributed by atoms with Gasteiger partial charge in [-0.05, 0) is 19.4 Å². The Morgan fingerprint density at radius 2 is 2.46 bits per heavy atom. The number of hydrogen-bond acceptors (Lipinski definition) is 3. The fraction of sp³-hybridized carbons (Fsp3) is 0.500. The van der Waals surface area contributed by atoms with Gasteiger partial charge in [0.2, 0.25) is 0 Å². The first-order valence-corrected chi connectivity index (χ1v) is 4.64. The summed E-state index contributed by atoms with van der Waals surface area (Å²) in [5.74, 6) is 0.452. The maximum atomic E-state index is 10.7. The second-order valence-electron chi connectivity index (χ2n) is 3.44. The number of rotatable bonds is 2. The molecule has 1 N–H and O–H groups in total. The molecule has 1 aromatic heterocycles.